The zero-order valence-corrected chi connectivity index (χ0v) is 11.6. The van der Waals surface area contributed by atoms with Gasteiger partial charge in [0, 0.05) is 7.05 Å². The fraction of sp³-hybridized carbons (Fsp3) is 0.545. The van der Waals surface area contributed by atoms with E-state index in [1.165, 1.54) is 0 Å². The van der Waals surface area contributed by atoms with Gasteiger partial charge >= 0.3 is 0 Å². The molecule has 0 aromatic carbocycles. The number of sulfone groups is 1. The van der Waals surface area contributed by atoms with Crippen LogP contribution in [0, 0.1) is 0 Å². The van der Waals surface area contributed by atoms with Crippen LogP contribution in [0.25, 0.3) is 0 Å². The standard InChI is InChI=1S/C11H16N4O3S/c1-11(5-6-19(17,18)7-11)13-10(16)8-3-4-9(12-2)15-14-8/h3-4H,5-7H2,1-2H3,(H,12,15)(H,13,16). The molecule has 0 spiro atoms. The van der Waals surface area contributed by atoms with Crippen LogP contribution in [0.4, 0.5) is 5.82 Å². The Balaban J connectivity index is 2.08. The van der Waals surface area contributed by atoms with Gasteiger partial charge in [0.05, 0.1) is 17.0 Å². The molecule has 1 aliphatic heterocycles. The summed E-state index contributed by atoms with van der Waals surface area (Å²) in [5.74, 6) is 0.225. The van der Waals surface area contributed by atoms with E-state index in [-0.39, 0.29) is 17.2 Å². The lowest BCUT2D eigenvalue weighted by atomic mass is 10.0. The maximum atomic E-state index is 12.0. The number of hydrogen-bond acceptors (Lipinski definition) is 6. The molecule has 104 valence electrons. The molecule has 19 heavy (non-hydrogen) atoms. The molecular weight excluding hydrogens is 268 g/mol. The van der Waals surface area contributed by atoms with E-state index < -0.39 is 21.3 Å². The van der Waals surface area contributed by atoms with E-state index in [4.69, 9.17) is 0 Å². The first kappa shape index (κ1) is 13.7. The van der Waals surface area contributed by atoms with Crippen LogP contribution in [0.1, 0.15) is 23.8 Å². The van der Waals surface area contributed by atoms with Gasteiger partial charge in [-0.3, -0.25) is 4.79 Å². The summed E-state index contributed by atoms with van der Waals surface area (Å²) in [6.07, 6.45) is 0.420. The molecule has 1 aromatic heterocycles. The van der Waals surface area contributed by atoms with Crippen molar-refractivity contribution in [1.29, 1.82) is 0 Å². The monoisotopic (exact) mass is 284 g/mol. The SMILES string of the molecule is CNc1ccc(C(=O)NC2(C)CCS(=O)(=O)C2)nn1. The molecule has 1 aliphatic rings. The van der Waals surface area contributed by atoms with Gasteiger partial charge in [-0.25, -0.2) is 8.42 Å². The summed E-state index contributed by atoms with van der Waals surface area (Å²) in [7, 11) is -1.35. The Bertz CT molecular complexity index is 584. The van der Waals surface area contributed by atoms with E-state index in [2.05, 4.69) is 20.8 Å². The molecule has 7 nitrogen and oxygen atoms in total. The van der Waals surface area contributed by atoms with Crippen LogP contribution < -0.4 is 10.6 Å². The Morgan fingerprint density at radius 3 is 2.58 bits per heavy atom. The highest BCUT2D eigenvalue weighted by atomic mass is 32.2. The molecule has 0 radical (unpaired) electrons. The Kier molecular flexibility index (Phi) is 3.44. The minimum atomic E-state index is -3.05. The van der Waals surface area contributed by atoms with Gasteiger partial charge in [0.2, 0.25) is 0 Å². The van der Waals surface area contributed by atoms with E-state index >= 15 is 0 Å². The predicted octanol–water partition coefficient (Wildman–Crippen LogP) is -0.175. The van der Waals surface area contributed by atoms with Gasteiger partial charge in [0.1, 0.15) is 5.82 Å². The Hall–Kier alpha value is -1.70. The van der Waals surface area contributed by atoms with Crippen molar-refractivity contribution in [2.75, 3.05) is 23.9 Å². The molecule has 2 N–H and O–H groups in total. The molecule has 1 amide bonds. The molecule has 0 aliphatic carbocycles. The number of aromatic nitrogens is 2. The Morgan fingerprint density at radius 1 is 1.37 bits per heavy atom. The van der Waals surface area contributed by atoms with Crippen LogP contribution in [0.3, 0.4) is 0 Å². The minimum Gasteiger partial charge on any atom is -0.372 e. The topological polar surface area (TPSA) is 101 Å². The van der Waals surface area contributed by atoms with Gasteiger partial charge < -0.3 is 10.6 Å². The first-order chi connectivity index (χ1) is 8.84. The number of carbonyl (C=O) groups excluding carboxylic acids is 1. The van der Waals surface area contributed by atoms with Crippen LogP contribution in [0.2, 0.25) is 0 Å². The Morgan fingerprint density at radius 2 is 2.11 bits per heavy atom. The van der Waals surface area contributed by atoms with Gasteiger partial charge in [-0.1, -0.05) is 0 Å². The predicted molar refractivity (Wildman–Crippen MR) is 70.7 cm³/mol. The highest BCUT2D eigenvalue weighted by Gasteiger charge is 2.39. The van der Waals surface area contributed by atoms with Gasteiger partial charge in [-0.15, -0.1) is 10.2 Å². The molecule has 1 aromatic rings. The van der Waals surface area contributed by atoms with Crippen molar-refractivity contribution in [3.63, 3.8) is 0 Å². The van der Waals surface area contributed by atoms with Gasteiger partial charge in [-0.05, 0) is 25.5 Å². The number of nitrogens with zero attached hydrogens (tertiary/aromatic N) is 2. The third-order valence-corrected chi connectivity index (χ3v) is 4.98. The lowest BCUT2D eigenvalue weighted by Gasteiger charge is -2.23. The van der Waals surface area contributed by atoms with Crippen molar-refractivity contribution in [2.45, 2.75) is 18.9 Å². The number of anilines is 1. The number of amides is 1. The zero-order chi connectivity index (χ0) is 14.1. The average molecular weight is 284 g/mol. The van der Waals surface area contributed by atoms with Crippen molar-refractivity contribution in [3.05, 3.63) is 17.8 Å². The molecule has 2 heterocycles. The summed E-state index contributed by atoms with van der Waals surface area (Å²) in [4.78, 5) is 12.0. The third kappa shape index (κ3) is 3.19. The van der Waals surface area contributed by atoms with Crippen LogP contribution >= 0.6 is 0 Å². The van der Waals surface area contributed by atoms with Crippen molar-refractivity contribution in [3.8, 4) is 0 Å². The summed E-state index contributed by atoms with van der Waals surface area (Å²) in [5.41, 5.74) is -0.552. The van der Waals surface area contributed by atoms with E-state index in [9.17, 15) is 13.2 Å². The summed E-state index contributed by atoms with van der Waals surface area (Å²) in [6, 6.07) is 3.18. The van der Waals surface area contributed by atoms with Crippen LogP contribution in [-0.2, 0) is 9.84 Å². The normalized spacial score (nSPS) is 24.9. The van der Waals surface area contributed by atoms with E-state index in [1.807, 2.05) is 0 Å². The summed E-state index contributed by atoms with van der Waals surface area (Å²) < 4.78 is 22.9. The fourth-order valence-electron chi connectivity index (χ4n) is 2.03. The average Bonchev–Trinajstić information content (AvgIpc) is 2.63. The molecular formula is C11H16N4O3S. The highest BCUT2D eigenvalue weighted by Crippen LogP contribution is 2.23. The van der Waals surface area contributed by atoms with Gasteiger partial charge in [0.15, 0.2) is 15.5 Å². The summed E-state index contributed by atoms with van der Waals surface area (Å²) in [5, 5.41) is 13.1. The molecule has 1 atom stereocenters. The van der Waals surface area contributed by atoms with Crippen molar-refractivity contribution in [2.24, 2.45) is 0 Å². The fourth-order valence-corrected chi connectivity index (χ4v) is 4.13. The minimum absolute atomic E-state index is 0.0340. The Labute approximate surface area is 111 Å². The molecule has 2 rings (SSSR count). The smallest absolute Gasteiger partial charge is 0.272 e. The molecule has 1 unspecified atom stereocenters. The van der Waals surface area contributed by atoms with E-state index in [0.29, 0.717) is 12.2 Å². The van der Waals surface area contributed by atoms with E-state index in [0.717, 1.165) is 0 Å². The first-order valence-corrected chi connectivity index (χ1v) is 7.70. The quantitative estimate of drug-likeness (QED) is 0.799. The first-order valence-electron chi connectivity index (χ1n) is 5.88. The van der Waals surface area contributed by atoms with Crippen molar-refractivity contribution >= 4 is 21.6 Å². The van der Waals surface area contributed by atoms with Gasteiger partial charge in [-0.2, -0.15) is 0 Å². The number of carbonyl (C=O) groups is 1. The lowest BCUT2D eigenvalue weighted by molar-refractivity contribution is 0.0909. The van der Waals surface area contributed by atoms with Crippen molar-refractivity contribution in [1.82, 2.24) is 15.5 Å². The van der Waals surface area contributed by atoms with Gasteiger partial charge in [0.25, 0.3) is 5.91 Å². The number of hydrogen-bond donors (Lipinski definition) is 2. The molecule has 8 heteroatoms. The zero-order valence-electron chi connectivity index (χ0n) is 10.8. The van der Waals surface area contributed by atoms with E-state index in [1.54, 1.807) is 26.1 Å². The maximum Gasteiger partial charge on any atom is 0.272 e. The molecule has 1 fully saturated rings. The second-order valence-electron chi connectivity index (χ2n) is 4.91. The molecule has 0 saturated carbocycles. The highest BCUT2D eigenvalue weighted by molar-refractivity contribution is 7.91. The second-order valence-corrected chi connectivity index (χ2v) is 7.09. The van der Waals surface area contributed by atoms with Crippen molar-refractivity contribution < 1.29 is 13.2 Å². The molecule has 1 saturated heterocycles. The largest absolute Gasteiger partial charge is 0.372 e. The number of nitrogens with one attached hydrogen (secondary N) is 2. The van der Waals surface area contributed by atoms with Crippen LogP contribution in [0.5, 0.6) is 0 Å². The van der Waals surface area contributed by atoms with Crippen LogP contribution in [-0.4, -0.2) is 48.6 Å². The van der Waals surface area contributed by atoms with Crippen LogP contribution in [0.15, 0.2) is 12.1 Å². The summed E-state index contributed by atoms with van der Waals surface area (Å²) >= 11 is 0. The summed E-state index contributed by atoms with van der Waals surface area (Å²) in [6.45, 7) is 1.73. The second kappa shape index (κ2) is 4.76. The molecule has 0 bridgehead atoms. The number of rotatable bonds is 3. The lowest BCUT2D eigenvalue weighted by Crippen LogP contribution is -2.47. The third-order valence-electron chi connectivity index (χ3n) is 3.07. The maximum absolute atomic E-state index is 12.0.